The minimum Gasteiger partial charge on any atom is -0.211 e. The lowest BCUT2D eigenvalue weighted by atomic mass is 10.2. The highest BCUT2D eigenvalue weighted by molar-refractivity contribution is 7.90. The van der Waals surface area contributed by atoms with E-state index in [-0.39, 0.29) is 6.04 Å². The van der Waals surface area contributed by atoms with Crippen LogP contribution in [-0.2, 0) is 10.0 Å². The van der Waals surface area contributed by atoms with E-state index in [1.54, 1.807) is 6.92 Å². The largest absolute Gasteiger partial charge is 0.230 e. The standard InChI is InChI=1S/C11H20N2O2S/c1-3-11(9-12)16(14,15)13(4-2)10-7-5-6-8-10/h10-11H,3-8H2,1-2H3. The second kappa shape index (κ2) is 5.65. The molecule has 0 heterocycles. The molecule has 0 saturated heterocycles. The SMILES string of the molecule is CCC(C#N)S(=O)(=O)N(CC)C1CCCC1. The van der Waals surface area contributed by atoms with Crippen molar-refractivity contribution in [3.63, 3.8) is 0 Å². The first-order valence-corrected chi connectivity index (χ1v) is 7.48. The maximum atomic E-state index is 12.2. The van der Waals surface area contributed by atoms with Gasteiger partial charge in [-0.25, -0.2) is 8.42 Å². The second-order valence-corrected chi connectivity index (χ2v) is 6.28. The van der Waals surface area contributed by atoms with Crippen molar-refractivity contribution in [3.05, 3.63) is 0 Å². The summed E-state index contributed by atoms with van der Waals surface area (Å²) in [5.74, 6) is 0. The highest BCUT2D eigenvalue weighted by Gasteiger charge is 2.35. The highest BCUT2D eigenvalue weighted by Crippen LogP contribution is 2.27. The van der Waals surface area contributed by atoms with Crippen LogP contribution in [-0.4, -0.2) is 30.6 Å². The van der Waals surface area contributed by atoms with Crippen LogP contribution in [0.5, 0.6) is 0 Å². The van der Waals surface area contributed by atoms with Crippen LogP contribution in [0.25, 0.3) is 0 Å². The Morgan fingerprint density at radius 1 is 1.38 bits per heavy atom. The van der Waals surface area contributed by atoms with Gasteiger partial charge in [0.25, 0.3) is 0 Å². The Hall–Kier alpha value is -0.600. The predicted octanol–water partition coefficient (Wildman–Crippen LogP) is 1.88. The Labute approximate surface area is 98.3 Å². The van der Waals surface area contributed by atoms with Gasteiger partial charge in [-0.2, -0.15) is 9.57 Å². The van der Waals surface area contributed by atoms with Crippen molar-refractivity contribution in [2.45, 2.75) is 57.2 Å². The molecule has 0 aromatic rings. The molecule has 1 aliphatic rings. The molecule has 0 radical (unpaired) electrons. The fourth-order valence-corrected chi connectivity index (χ4v) is 4.24. The van der Waals surface area contributed by atoms with Gasteiger partial charge in [-0.3, -0.25) is 0 Å². The summed E-state index contributed by atoms with van der Waals surface area (Å²) in [7, 11) is -3.42. The Kier molecular flexibility index (Phi) is 4.75. The average Bonchev–Trinajstić information content (AvgIpc) is 2.73. The number of hydrogen-bond donors (Lipinski definition) is 0. The summed E-state index contributed by atoms with van der Waals surface area (Å²) in [5, 5.41) is 8.01. The lowest BCUT2D eigenvalue weighted by Crippen LogP contribution is -2.43. The zero-order valence-electron chi connectivity index (χ0n) is 10.0. The van der Waals surface area contributed by atoms with Gasteiger partial charge in [-0.15, -0.1) is 0 Å². The first-order chi connectivity index (χ1) is 7.57. The van der Waals surface area contributed by atoms with Gasteiger partial charge in [0.2, 0.25) is 10.0 Å². The molecule has 1 atom stereocenters. The van der Waals surface area contributed by atoms with Crippen molar-refractivity contribution in [3.8, 4) is 6.07 Å². The summed E-state index contributed by atoms with van der Waals surface area (Å²) in [4.78, 5) is 0. The maximum Gasteiger partial charge on any atom is 0.230 e. The van der Waals surface area contributed by atoms with Crippen LogP contribution in [0, 0.1) is 11.3 Å². The molecule has 0 bridgehead atoms. The normalized spacial score (nSPS) is 19.9. The molecule has 0 amide bonds. The quantitative estimate of drug-likeness (QED) is 0.742. The number of rotatable bonds is 5. The van der Waals surface area contributed by atoms with Crippen LogP contribution >= 0.6 is 0 Å². The zero-order valence-corrected chi connectivity index (χ0v) is 10.8. The van der Waals surface area contributed by atoms with E-state index >= 15 is 0 Å². The van der Waals surface area contributed by atoms with Gasteiger partial charge >= 0.3 is 0 Å². The summed E-state index contributed by atoms with van der Waals surface area (Å²) in [6, 6.07) is 2.02. The summed E-state index contributed by atoms with van der Waals surface area (Å²) in [6.07, 6.45) is 4.44. The van der Waals surface area contributed by atoms with Crippen molar-refractivity contribution >= 4 is 10.0 Å². The molecule has 1 aliphatic carbocycles. The van der Waals surface area contributed by atoms with E-state index in [2.05, 4.69) is 0 Å². The first kappa shape index (κ1) is 13.5. The fourth-order valence-electron chi connectivity index (χ4n) is 2.37. The van der Waals surface area contributed by atoms with Gasteiger partial charge in [0.1, 0.15) is 0 Å². The van der Waals surface area contributed by atoms with Crippen LogP contribution in [0.4, 0.5) is 0 Å². The molecule has 5 heteroatoms. The molecule has 1 unspecified atom stereocenters. The third-order valence-corrected chi connectivity index (χ3v) is 5.61. The maximum absolute atomic E-state index is 12.2. The van der Waals surface area contributed by atoms with Gasteiger partial charge in [-0.1, -0.05) is 26.7 Å². The number of nitrogens with zero attached hydrogens (tertiary/aromatic N) is 2. The first-order valence-electron chi connectivity index (χ1n) is 5.98. The Morgan fingerprint density at radius 3 is 2.31 bits per heavy atom. The third kappa shape index (κ3) is 2.55. The number of nitriles is 1. The summed E-state index contributed by atoms with van der Waals surface area (Å²) >= 11 is 0. The number of hydrogen-bond acceptors (Lipinski definition) is 3. The molecule has 1 rings (SSSR count). The Balaban J connectivity index is 2.90. The molecule has 0 N–H and O–H groups in total. The summed E-state index contributed by atoms with van der Waals surface area (Å²) in [6.45, 7) is 4.07. The molecule has 4 nitrogen and oxygen atoms in total. The molecule has 0 aromatic heterocycles. The fraction of sp³-hybridized carbons (Fsp3) is 0.909. The van der Waals surface area contributed by atoms with Gasteiger partial charge < -0.3 is 0 Å². The minimum absolute atomic E-state index is 0.123. The molecular formula is C11H20N2O2S. The third-order valence-electron chi connectivity index (χ3n) is 3.24. The van der Waals surface area contributed by atoms with Crippen molar-refractivity contribution in [1.82, 2.24) is 4.31 Å². The Bertz CT molecular complexity index is 353. The molecule has 1 saturated carbocycles. The Morgan fingerprint density at radius 2 is 1.94 bits per heavy atom. The predicted molar refractivity (Wildman–Crippen MR) is 63.2 cm³/mol. The number of sulfonamides is 1. The van der Waals surface area contributed by atoms with Crippen molar-refractivity contribution in [2.24, 2.45) is 0 Å². The van der Waals surface area contributed by atoms with E-state index < -0.39 is 15.3 Å². The monoisotopic (exact) mass is 244 g/mol. The molecule has 0 aromatic carbocycles. The van der Waals surface area contributed by atoms with E-state index in [0.717, 1.165) is 25.7 Å². The average molecular weight is 244 g/mol. The van der Waals surface area contributed by atoms with E-state index in [9.17, 15) is 8.42 Å². The lowest BCUT2D eigenvalue weighted by Gasteiger charge is -2.28. The van der Waals surface area contributed by atoms with Crippen molar-refractivity contribution in [2.75, 3.05) is 6.54 Å². The van der Waals surface area contributed by atoms with Gasteiger partial charge in [0.05, 0.1) is 6.07 Å². The molecule has 0 spiro atoms. The van der Waals surface area contributed by atoms with E-state index in [1.165, 1.54) is 4.31 Å². The zero-order chi connectivity index (χ0) is 12.2. The van der Waals surface area contributed by atoms with Gasteiger partial charge in [-0.05, 0) is 19.3 Å². The van der Waals surface area contributed by atoms with Crippen LogP contribution in [0.15, 0.2) is 0 Å². The van der Waals surface area contributed by atoms with Crippen molar-refractivity contribution < 1.29 is 8.42 Å². The van der Waals surface area contributed by atoms with Crippen LogP contribution in [0.1, 0.15) is 46.0 Å². The van der Waals surface area contributed by atoms with Crippen LogP contribution < -0.4 is 0 Å². The lowest BCUT2D eigenvalue weighted by molar-refractivity contribution is 0.333. The second-order valence-electron chi connectivity index (χ2n) is 4.21. The summed E-state index contributed by atoms with van der Waals surface area (Å²) < 4.78 is 26.0. The van der Waals surface area contributed by atoms with Gasteiger partial charge in [0, 0.05) is 12.6 Å². The molecular weight excluding hydrogens is 224 g/mol. The highest BCUT2D eigenvalue weighted by atomic mass is 32.2. The topological polar surface area (TPSA) is 61.2 Å². The van der Waals surface area contributed by atoms with Crippen LogP contribution in [0.2, 0.25) is 0 Å². The minimum atomic E-state index is -3.42. The summed E-state index contributed by atoms with van der Waals surface area (Å²) in [5.41, 5.74) is 0. The molecule has 0 aliphatic heterocycles. The van der Waals surface area contributed by atoms with Crippen molar-refractivity contribution in [1.29, 1.82) is 5.26 Å². The molecule has 1 fully saturated rings. The van der Waals surface area contributed by atoms with Crippen LogP contribution in [0.3, 0.4) is 0 Å². The molecule has 16 heavy (non-hydrogen) atoms. The smallest absolute Gasteiger partial charge is 0.211 e. The van der Waals surface area contributed by atoms with E-state index in [4.69, 9.17) is 5.26 Å². The van der Waals surface area contributed by atoms with Gasteiger partial charge in [0.15, 0.2) is 5.25 Å². The van der Waals surface area contributed by atoms with E-state index in [1.807, 2.05) is 13.0 Å². The van der Waals surface area contributed by atoms with E-state index in [0.29, 0.717) is 13.0 Å². The molecule has 92 valence electrons.